The van der Waals surface area contributed by atoms with Crippen LogP contribution in [0.25, 0.3) is 0 Å². The number of nitrogens with zero attached hydrogens (tertiary/aromatic N) is 1. The molecule has 7 heteroatoms. The maximum absolute atomic E-state index is 12.2. The molecule has 128 valence electrons. The Bertz CT molecular complexity index is 812. The molecule has 0 spiro atoms. The zero-order chi connectivity index (χ0) is 17.0. The van der Waals surface area contributed by atoms with Gasteiger partial charge in [-0.3, -0.25) is 10.1 Å². The molecule has 1 aromatic heterocycles. The number of benzene rings is 1. The standard InChI is InChI=1S/C17H20N2O4S/c20-16(18-17-14-9-4-5-10-15(14)19-23-17)11-6-12-24(21,22)13-7-2-1-3-8-13/h1-3,7-8H,4-6,9-12H2,(H,18,20). The minimum absolute atomic E-state index is 0.0566. The molecular weight excluding hydrogens is 328 g/mol. The zero-order valence-electron chi connectivity index (χ0n) is 13.3. The fourth-order valence-corrected chi connectivity index (χ4v) is 4.18. The molecule has 6 nitrogen and oxygen atoms in total. The predicted molar refractivity (Wildman–Crippen MR) is 89.5 cm³/mol. The van der Waals surface area contributed by atoms with Crippen LogP contribution >= 0.6 is 0 Å². The predicted octanol–water partition coefficient (Wildman–Crippen LogP) is 2.75. The van der Waals surface area contributed by atoms with Gasteiger partial charge in [-0.05, 0) is 44.2 Å². The van der Waals surface area contributed by atoms with E-state index in [9.17, 15) is 13.2 Å². The van der Waals surface area contributed by atoms with Crippen molar-refractivity contribution in [3.63, 3.8) is 0 Å². The molecule has 1 heterocycles. The molecule has 1 amide bonds. The summed E-state index contributed by atoms with van der Waals surface area (Å²) >= 11 is 0. The molecule has 0 aliphatic heterocycles. The van der Waals surface area contributed by atoms with Crippen LogP contribution in [-0.2, 0) is 27.5 Å². The second kappa shape index (κ2) is 7.17. The van der Waals surface area contributed by atoms with Crippen molar-refractivity contribution >= 4 is 21.6 Å². The summed E-state index contributed by atoms with van der Waals surface area (Å²) in [5.41, 5.74) is 1.90. The summed E-state index contributed by atoms with van der Waals surface area (Å²) in [6, 6.07) is 8.27. The van der Waals surface area contributed by atoms with Crippen LogP contribution in [0.3, 0.4) is 0 Å². The molecule has 0 bridgehead atoms. The summed E-state index contributed by atoms with van der Waals surface area (Å²) in [6.07, 6.45) is 4.28. The number of hydrogen-bond donors (Lipinski definition) is 1. The normalized spacial score (nSPS) is 14.2. The quantitative estimate of drug-likeness (QED) is 0.867. The number of fused-ring (bicyclic) bond motifs is 1. The van der Waals surface area contributed by atoms with Gasteiger partial charge in [0.25, 0.3) is 0 Å². The minimum atomic E-state index is -3.35. The lowest BCUT2D eigenvalue weighted by molar-refractivity contribution is -0.116. The highest BCUT2D eigenvalue weighted by atomic mass is 32.2. The fraction of sp³-hybridized carbons (Fsp3) is 0.412. The van der Waals surface area contributed by atoms with Gasteiger partial charge < -0.3 is 4.52 Å². The molecule has 3 rings (SSSR count). The van der Waals surface area contributed by atoms with E-state index in [1.165, 1.54) is 0 Å². The summed E-state index contributed by atoms with van der Waals surface area (Å²) in [7, 11) is -3.35. The topological polar surface area (TPSA) is 89.3 Å². The molecule has 1 aliphatic rings. The third-order valence-corrected chi connectivity index (χ3v) is 5.95. The number of carbonyl (C=O) groups is 1. The van der Waals surface area contributed by atoms with Crippen molar-refractivity contribution in [2.75, 3.05) is 11.1 Å². The monoisotopic (exact) mass is 348 g/mol. The van der Waals surface area contributed by atoms with Crippen molar-refractivity contribution < 1.29 is 17.7 Å². The van der Waals surface area contributed by atoms with Gasteiger partial charge >= 0.3 is 0 Å². The SMILES string of the molecule is O=C(CCCS(=O)(=O)c1ccccc1)Nc1onc2c1CCCC2. The second-order valence-electron chi connectivity index (χ2n) is 5.93. The van der Waals surface area contributed by atoms with Crippen molar-refractivity contribution in [2.24, 2.45) is 0 Å². The molecule has 0 unspecified atom stereocenters. The van der Waals surface area contributed by atoms with E-state index in [0.717, 1.165) is 36.9 Å². The van der Waals surface area contributed by atoms with E-state index >= 15 is 0 Å². The van der Waals surface area contributed by atoms with Gasteiger partial charge in [0.15, 0.2) is 9.84 Å². The van der Waals surface area contributed by atoms with Gasteiger partial charge in [0, 0.05) is 12.0 Å². The first kappa shape index (κ1) is 16.7. The van der Waals surface area contributed by atoms with E-state index in [0.29, 0.717) is 5.88 Å². The van der Waals surface area contributed by atoms with Crippen LogP contribution in [0.1, 0.15) is 36.9 Å². The number of rotatable bonds is 6. The Morgan fingerprint density at radius 2 is 1.92 bits per heavy atom. The number of amides is 1. The van der Waals surface area contributed by atoms with Gasteiger partial charge in [0.05, 0.1) is 16.3 Å². The van der Waals surface area contributed by atoms with Gasteiger partial charge in [-0.15, -0.1) is 0 Å². The Hall–Kier alpha value is -2.15. The first-order valence-corrected chi connectivity index (χ1v) is 9.76. The van der Waals surface area contributed by atoms with Crippen molar-refractivity contribution in [2.45, 2.75) is 43.4 Å². The average Bonchev–Trinajstić information content (AvgIpc) is 2.99. The van der Waals surface area contributed by atoms with Crippen molar-refractivity contribution in [3.8, 4) is 0 Å². The molecule has 0 radical (unpaired) electrons. The Morgan fingerprint density at radius 1 is 1.17 bits per heavy atom. The lowest BCUT2D eigenvalue weighted by atomic mass is 9.98. The molecule has 1 N–H and O–H groups in total. The van der Waals surface area contributed by atoms with E-state index in [1.807, 2.05) is 0 Å². The smallest absolute Gasteiger partial charge is 0.234 e. The number of hydrogen-bond acceptors (Lipinski definition) is 5. The molecule has 1 aliphatic carbocycles. The Kier molecular flexibility index (Phi) is 4.99. The Labute approximate surface area is 141 Å². The van der Waals surface area contributed by atoms with E-state index in [2.05, 4.69) is 10.5 Å². The number of aromatic nitrogens is 1. The van der Waals surface area contributed by atoms with E-state index in [1.54, 1.807) is 30.3 Å². The van der Waals surface area contributed by atoms with Gasteiger partial charge in [0.1, 0.15) is 0 Å². The largest absolute Gasteiger partial charge is 0.338 e. The molecule has 0 atom stereocenters. The van der Waals surface area contributed by atoms with Crippen LogP contribution in [0.2, 0.25) is 0 Å². The van der Waals surface area contributed by atoms with E-state index in [-0.39, 0.29) is 29.4 Å². The average molecular weight is 348 g/mol. The first-order chi connectivity index (χ1) is 11.6. The lowest BCUT2D eigenvalue weighted by Gasteiger charge is -2.09. The number of anilines is 1. The van der Waals surface area contributed by atoms with Crippen LogP contribution in [0.15, 0.2) is 39.8 Å². The Morgan fingerprint density at radius 3 is 2.71 bits per heavy atom. The molecule has 2 aromatic rings. The highest BCUT2D eigenvalue weighted by Crippen LogP contribution is 2.27. The molecule has 0 fully saturated rings. The summed E-state index contributed by atoms with van der Waals surface area (Å²) in [5, 5.41) is 6.70. The number of sulfone groups is 1. The summed E-state index contributed by atoms with van der Waals surface area (Å²) < 4.78 is 29.5. The highest BCUT2D eigenvalue weighted by molar-refractivity contribution is 7.91. The van der Waals surface area contributed by atoms with Crippen LogP contribution in [0.5, 0.6) is 0 Å². The van der Waals surface area contributed by atoms with Crippen LogP contribution < -0.4 is 5.32 Å². The number of carbonyl (C=O) groups excluding carboxylic acids is 1. The fourth-order valence-electron chi connectivity index (χ4n) is 2.85. The summed E-state index contributed by atoms with van der Waals surface area (Å²) in [5.74, 6) is 0.113. The van der Waals surface area contributed by atoms with Crippen LogP contribution in [0, 0.1) is 0 Å². The van der Waals surface area contributed by atoms with Crippen molar-refractivity contribution in [3.05, 3.63) is 41.6 Å². The molecular formula is C17H20N2O4S. The van der Waals surface area contributed by atoms with Crippen molar-refractivity contribution in [1.29, 1.82) is 0 Å². The second-order valence-corrected chi connectivity index (χ2v) is 8.04. The Balaban J connectivity index is 1.52. The van der Waals surface area contributed by atoms with Crippen LogP contribution in [-0.4, -0.2) is 25.2 Å². The number of nitrogens with one attached hydrogen (secondary N) is 1. The third-order valence-electron chi connectivity index (χ3n) is 4.13. The molecule has 1 aromatic carbocycles. The van der Waals surface area contributed by atoms with Gasteiger partial charge in [-0.2, -0.15) is 0 Å². The van der Waals surface area contributed by atoms with Gasteiger partial charge in [-0.25, -0.2) is 8.42 Å². The summed E-state index contributed by atoms with van der Waals surface area (Å²) in [4.78, 5) is 12.3. The lowest BCUT2D eigenvalue weighted by Crippen LogP contribution is -2.15. The molecule has 0 saturated heterocycles. The highest BCUT2D eigenvalue weighted by Gasteiger charge is 2.21. The van der Waals surface area contributed by atoms with Gasteiger partial charge in [-0.1, -0.05) is 23.4 Å². The maximum Gasteiger partial charge on any atom is 0.234 e. The summed E-state index contributed by atoms with van der Waals surface area (Å²) in [6.45, 7) is 0. The third kappa shape index (κ3) is 3.84. The molecule has 0 saturated carbocycles. The molecule has 24 heavy (non-hydrogen) atoms. The van der Waals surface area contributed by atoms with Crippen LogP contribution in [0.4, 0.5) is 5.88 Å². The van der Waals surface area contributed by atoms with Crippen molar-refractivity contribution in [1.82, 2.24) is 5.16 Å². The van der Waals surface area contributed by atoms with E-state index in [4.69, 9.17) is 4.52 Å². The van der Waals surface area contributed by atoms with Gasteiger partial charge in [0.2, 0.25) is 11.8 Å². The zero-order valence-corrected chi connectivity index (χ0v) is 14.1. The maximum atomic E-state index is 12.2. The number of aryl methyl sites for hydroxylation is 1. The van der Waals surface area contributed by atoms with E-state index < -0.39 is 9.84 Å². The minimum Gasteiger partial charge on any atom is -0.338 e. The first-order valence-electron chi connectivity index (χ1n) is 8.11.